The molecule has 0 saturated heterocycles. The molecule has 3 nitrogen and oxygen atoms in total. The zero-order chi connectivity index (χ0) is 31.5. The summed E-state index contributed by atoms with van der Waals surface area (Å²) < 4.78 is 83.5. The van der Waals surface area contributed by atoms with E-state index in [1.807, 2.05) is 39.0 Å². The van der Waals surface area contributed by atoms with E-state index in [0.717, 1.165) is 27.8 Å². The topological polar surface area (TPSA) is 46.5 Å². The lowest BCUT2D eigenvalue weighted by molar-refractivity contribution is -0.347. The van der Waals surface area contributed by atoms with Crippen LogP contribution in [0.5, 0.6) is 0 Å². The average Bonchev–Trinajstić information content (AvgIpc) is 2.91. The van der Waals surface area contributed by atoms with Gasteiger partial charge in [0.1, 0.15) is 6.61 Å². The molecular weight excluding hydrogens is 582 g/mol. The predicted molar refractivity (Wildman–Crippen MR) is 151 cm³/mol. The molecule has 0 fully saturated rings. The van der Waals surface area contributed by atoms with E-state index in [1.165, 1.54) is 6.07 Å². The van der Waals surface area contributed by atoms with Gasteiger partial charge in [-0.2, -0.15) is 26.3 Å². The summed E-state index contributed by atoms with van der Waals surface area (Å²) in [7, 11) is 0. The number of hydrogen-bond acceptors (Lipinski definition) is 3. The first kappa shape index (κ1) is 33.2. The van der Waals surface area contributed by atoms with Crippen molar-refractivity contribution in [3.05, 3.63) is 99.1 Å². The monoisotopic (exact) mass is 612 g/mol. The van der Waals surface area contributed by atoms with Crippen molar-refractivity contribution in [3.8, 4) is 11.1 Å². The number of hydrogen-bond donors (Lipinski definition) is 1. The highest BCUT2D eigenvalue weighted by Gasteiger charge is 2.68. The van der Waals surface area contributed by atoms with Crippen molar-refractivity contribution in [3.63, 3.8) is 0 Å². The number of benzene rings is 3. The minimum absolute atomic E-state index is 0.0651. The predicted octanol–water partition coefficient (Wildman–Crippen LogP) is 9.27. The zero-order valence-corrected chi connectivity index (χ0v) is 24.2. The van der Waals surface area contributed by atoms with Crippen LogP contribution in [0, 0.1) is 13.8 Å². The number of carbonyl (C=O) groups excluding carboxylic acids is 1. The molecule has 0 unspecified atom stereocenters. The number of rotatable bonds is 10. The summed E-state index contributed by atoms with van der Waals surface area (Å²) in [6.07, 6.45) is -10.1. The van der Waals surface area contributed by atoms with Crippen LogP contribution < -0.4 is 0 Å². The van der Waals surface area contributed by atoms with E-state index in [2.05, 4.69) is 6.07 Å². The van der Waals surface area contributed by atoms with Gasteiger partial charge < -0.3 is 9.84 Å². The molecule has 0 amide bonds. The van der Waals surface area contributed by atoms with E-state index in [4.69, 9.17) is 16.3 Å². The van der Waals surface area contributed by atoms with Crippen LogP contribution in [0.15, 0.2) is 60.7 Å². The molecule has 3 aromatic rings. The number of ether oxygens (including phenoxy) is 1. The third-order valence-corrected chi connectivity index (χ3v) is 8.20. The average molecular weight is 613 g/mol. The van der Waals surface area contributed by atoms with E-state index in [9.17, 15) is 36.2 Å². The number of halogens is 7. The van der Waals surface area contributed by atoms with E-state index >= 15 is 0 Å². The Bertz CT molecular complexity index is 1440. The minimum atomic E-state index is -5.93. The lowest BCUT2D eigenvalue weighted by Crippen LogP contribution is -2.55. The highest BCUT2D eigenvalue weighted by molar-refractivity contribution is 6.31. The Morgan fingerprint density at radius 1 is 0.833 bits per heavy atom. The third-order valence-electron chi connectivity index (χ3n) is 7.85. The molecule has 0 radical (unpaired) electrons. The second-order valence-corrected chi connectivity index (χ2v) is 10.6. The Kier molecular flexibility index (Phi) is 9.89. The molecule has 226 valence electrons. The van der Waals surface area contributed by atoms with Crippen molar-refractivity contribution in [2.75, 3.05) is 0 Å². The molecule has 0 aliphatic carbocycles. The minimum Gasteiger partial charge on any atom is -0.463 e. The van der Waals surface area contributed by atoms with Gasteiger partial charge in [-0.05, 0) is 77.8 Å². The summed E-state index contributed by atoms with van der Waals surface area (Å²) >= 11 is 6.39. The van der Waals surface area contributed by atoms with Crippen molar-refractivity contribution in [1.82, 2.24) is 0 Å². The van der Waals surface area contributed by atoms with Crippen LogP contribution >= 0.6 is 11.6 Å². The van der Waals surface area contributed by atoms with Gasteiger partial charge in [0.05, 0.1) is 0 Å². The first-order valence-electron chi connectivity index (χ1n) is 13.2. The van der Waals surface area contributed by atoms with Crippen LogP contribution in [0.1, 0.15) is 60.1 Å². The molecule has 0 bridgehead atoms. The second kappa shape index (κ2) is 12.5. The van der Waals surface area contributed by atoms with E-state index in [1.54, 1.807) is 31.2 Å². The van der Waals surface area contributed by atoms with Gasteiger partial charge in [-0.25, -0.2) is 0 Å². The Morgan fingerprint density at radius 2 is 1.40 bits per heavy atom. The molecule has 3 rings (SSSR count). The second-order valence-electron chi connectivity index (χ2n) is 10.2. The van der Waals surface area contributed by atoms with E-state index in [-0.39, 0.29) is 18.2 Å². The molecule has 0 spiro atoms. The molecule has 0 aliphatic heterocycles. The van der Waals surface area contributed by atoms with Crippen LogP contribution in [-0.4, -0.2) is 29.5 Å². The molecule has 0 aromatic heterocycles. The molecule has 10 heteroatoms. The molecule has 42 heavy (non-hydrogen) atoms. The smallest absolute Gasteiger partial charge is 0.430 e. The van der Waals surface area contributed by atoms with Crippen molar-refractivity contribution >= 4 is 24.1 Å². The summed E-state index contributed by atoms with van der Waals surface area (Å²) in [5, 5.41) is 9.94. The number of alkyl halides is 6. The summed E-state index contributed by atoms with van der Waals surface area (Å²) in [5.41, 5.74) is 0.471. The maximum atomic E-state index is 13.1. The molecule has 0 aliphatic rings. The normalized spacial score (nSPS) is 13.0. The van der Waals surface area contributed by atoms with Crippen LogP contribution in [0.4, 0.5) is 26.3 Å². The Hall–Kier alpha value is -3.30. The number of carbonyl (C=O) groups is 1. The lowest BCUT2D eigenvalue weighted by atomic mass is 9.69. The van der Waals surface area contributed by atoms with Gasteiger partial charge in [0.15, 0.2) is 0 Å². The third kappa shape index (κ3) is 6.37. The van der Waals surface area contributed by atoms with Gasteiger partial charge in [-0.15, -0.1) is 0 Å². The maximum absolute atomic E-state index is 13.1. The fraction of sp³-hybridized carbons (Fsp3) is 0.344. The summed E-state index contributed by atoms with van der Waals surface area (Å²) in [5.74, 6) is 0. The summed E-state index contributed by atoms with van der Waals surface area (Å²) in [6, 6.07) is 16.5. The van der Waals surface area contributed by atoms with Gasteiger partial charge in [0.2, 0.25) is 0 Å². The highest BCUT2D eigenvalue weighted by atomic mass is 35.5. The quantitative estimate of drug-likeness (QED) is 0.183. The Balaban J connectivity index is 2.00. The molecular formula is C32H31ClF6O3. The summed E-state index contributed by atoms with van der Waals surface area (Å²) in [4.78, 5) is 10.5. The Morgan fingerprint density at radius 3 is 1.88 bits per heavy atom. The maximum Gasteiger partial charge on any atom is 0.430 e. The van der Waals surface area contributed by atoms with Gasteiger partial charge >= 0.3 is 12.4 Å². The van der Waals surface area contributed by atoms with Crippen LogP contribution in [0.25, 0.3) is 17.2 Å². The molecule has 0 saturated carbocycles. The molecule has 0 atom stereocenters. The van der Waals surface area contributed by atoms with Gasteiger partial charge in [0, 0.05) is 16.0 Å². The standard InChI is InChI=1S/C32H31ClF6O3/c1-5-29(6-2,25-10-9-22(20(3)15-25)13-14-30(41,31(34,35)36)32(37,38)39)26-11-12-27(21(4)16-26)23-7-8-24(18-42-19-40)28(33)17-23/h7-17,19,41H,5-6,18H2,1-4H3. The van der Waals surface area contributed by atoms with Crippen molar-refractivity contribution in [2.45, 2.75) is 70.5 Å². The van der Waals surface area contributed by atoms with Crippen molar-refractivity contribution in [2.24, 2.45) is 0 Å². The zero-order valence-electron chi connectivity index (χ0n) is 23.5. The van der Waals surface area contributed by atoms with E-state index < -0.39 is 23.4 Å². The SMILES string of the molecule is CCC(CC)(c1ccc(C=CC(O)(C(F)(F)F)C(F)(F)F)c(C)c1)c1ccc(-c2ccc(COC=O)c(Cl)c2)c(C)c1. The molecule has 0 heterocycles. The Labute approximate surface area is 245 Å². The highest BCUT2D eigenvalue weighted by Crippen LogP contribution is 2.45. The molecule has 3 aromatic carbocycles. The summed E-state index contributed by atoms with van der Waals surface area (Å²) in [6.45, 7) is 8.02. The van der Waals surface area contributed by atoms with Crippen LogP contribution in [0.3, 0.4) is 0 Å². The number of aryl methyl sites for hydroxylation is 2. The first-order chi connectivity index (χ1) is 19.5. The number of aliphatic hydroxyl groups is 1. The fourth-order valence-corrected chi connectivity index (χ4v) is 5.43. The van der Waals surface area contributed by atoms with Gasteiger partial charge in [0.25, 0.3) is 12.1 Å². The van der Waals surface area contributed by atoms with Crippen molar-refractivity contribution < 1.29 is 41.0 Å². The van der Waals surface area contributed by atoms with E-state index in [0.29, 0.717) is 41.5 Å². The lowest BCUT2D eigenvalue weighted by Gasteiger charge is -2.34. The molecule has 1 N–H and O–H groups in total. The van der Waals surface area contributed by atoms with Crippen molar-refractivity contribution in [1.29, 1.82) is 0 Å². The van der Waals surface area contributed by atoms with Crippen LogP contribution in [-0.2, 0) is 21.6 Å². The first-order valence-corrected chi connectivity index (χ1v) is 13.5. The fourth-order valence-electron chi connectivity index (χ4n) is 5.19. The van der Waals surface area contributed by atoms with Gasteiger partial charge in [-0.1, -0.05) is 80.1 Å². The van der Waals surface area contributed by atoms with Crippen LogP contribution in [0.2, 0.25) is 5.02 Å². The van der Waals surface area contributed by atoms with Gasteiger partial charge in [-0.3, -0.25) is 4.79 Å². The largest absolute Gasteiger partial charge is 0.463 e.